The van der Waals surface area contributed by atoms with Gasteiger partial charge in [-0.15, -0.1) is 13.0 Å². The highest BCUT2D eigenvalue weighted by molar-refractivity contribution is 5.95. The highest BCUT2D eigenvalue weighted by Gasteiger charge is 2.30. The fourth-order valence-electron chi connectivity index (χ4n) is 2.67. The second-order valence-corrected chi connectivity index (χ2v) is 6.20. The van der Waals surface area contributed by atoms with E-state index in [0.29, 0.717) is 30.1 Å². The maximum Gasteiger partial charge on any atom is 0.416 e. The van der Waals surface area contributed by atoms with Gasteiger partial charge in [0.2, 0.25) is 0 Å². The number of nitrogens with one attached hydrogen (secondary N) is 1. The number of halogens is 3. The third kappa shape index (κ3) is 6.64. The van der Waals surface area contributed by atoms with Crippen molar-refractivity contribution in [2.75, 3.05) is 13.2 Å². The molecule has 2 rings (SSSR count). The van der Waals surface area contributed by atoms with E-state index >= 15 is 0 Å². The van der Waals surface area contributed by atoms with Crippen molar-refractivity contribution in [1.29, 1.82) is 0 Å². The number of hydrazone groups is 1. The Labute approximate surface area is 178 Å². The third-order valence-corrected chi connectivity index (χ3v) is 3.95. The molecular weight excluding hydrogens is 409 g/mol. The lowest BCUT2D eigenvalue weighted by atomic mass is 10.1. The number of rotatable bonds is 9. The van der Waals surface area contributed by atoms with Gasteiger partial charge in [0, 0.05) is 11.1 Å². The Balaban J connectivity index is 2.24. The van der Waals surface area contributed by atoms with Gasteiger partial charge in [0.05, 0.1) is 18.4 Å². The molecule has 0 radical (unpaired) electrons. The zero-order chi connectivity index (χ0) is 22.9. The van der Waals surface area contributed by atoms with Crippen LogP contribution in [-0.2, 0) is 12.6 Å². The summed E-state index contributed by atoms with van der Waals surface area (Å²) >= 11 is 0. The molecular formula is C23H21F3N2O3. The predicted molar refractivity (Wildman–Crippen MR) is 112 cm³/mol. The molecule has 0 heterocycles. The maximum atomic E-state index is 12.8. The van der Waals surface area contributed by atoms with Crippen LogP contribution in [0.25, 0.3) is 0 Å². The number of hydrogen-bond acceptors (Lipinski definition) is 4. The number of carbonyl (C=O) groups excluding carboxylic acids is 1. The first-order chi connectivity index (χ1) is 14.8. The minimum atomic E-state index is -4.54. The first-order valence-corrected chi connectivity index (χ1v) is 9.27. The molecule has 0 bridgehead atoms. The van der Waals surface area contributed by atoms with Gasteiger partial charge in [-0.25, -0.2) is 5.43 Å². The first kappa shape index (κ1) is 23.5. The summed E-state index contributed by atoms with van der Waals surface area (Å²) in [5, 5.41) is 3.84. The number of ether oxygens (including phenoxy) is 2. The van der Waals surface area contributed by atoms with Crippen LogP contribution in [-0.4, -0.2) is 25.3 Å². The molecule has 162 valence electrons. The number of hydrogen-bond donors (Lipinski definition) is 1. The molecule has 0 aliphatic carbocycles. The molecule has 31 heavy (non-hydrogen) atoms. The smallest absolute Gasteiger partial charge is 0.416 e. The van der Waals surface area contributed by atoms with Gasteiger partial charge in [0.25, 0.3) is 5.91 Å². The Hall–Kier alpha value is -3.73. The van der Waals surface area contributed by atoms with Gasteiger partial charge in [-0.3, -0.25) is 4.79 Å². The van der Waals surface area contributed by atoms with Crippen LogP contribution in [0.2, 0.25) is 0 Å². The molecule has 0 fully saturated rings. The van der Waals surface area contributed by atoms with Gasteiger partial charge in [-0.2, -0.15) is 18.3 Å². The van der Waals surface area contributed by atoms with Crippen molar-refractivity contribution >= 4 is 12.1 Å². The standard InChI is InChI=1S/C23H21F3N2O3/c1-4-8-17-12-16(13-20(30-6-3)21(17)31-11-5-2)15-27-28-22(29)18-9-7-10-19(14-18)23(24,25)26/h2,4,7,9-10,12-15H,1,6,8,11H2,3H3,(H,28,29)/b27-15-. The van der Waals surface area contributed by atoms with Gasteiger partial charge < -0.3 is 9.47 Å². The van der Waals surface area contributed by atoms with E-state index in [1.165, 1.54) is 12.3 Å². The van der Waals surface area contributed by atoms with Crippen LogP contribution in [0.3, 0.4) is 0 Å². The molecule has 2 aromatic carbocycles. The summed E-state index contributed by atoms with van der Waals surface area (Å²) in [6, 6.07) is 7.50. The van der Waals surface area contributed by atoms with Crippen molar-refractivity contribution in [3.05, 3.63) is 71.3 Å². The Morgan fingerprint density at radius 2 is 2.06 bits per heavy atom. The minimum absolute atomic E-state index is 0.0602. The SMILES string of the molecule is C#CCOc1c(CC=C)cc(/C=N\NC(=O)c2cccc(C(F)(F)F)c2)cc1OCC. The normalized spacial score (nSPS) is 11.1. The summed E-state index contributed by atoms with van der Waals surface area (Å²) in [5.41, 5.74) is 2.48. The van der Waals surface area contributed by atoms with E-state index in [4.69, 9.17) is 15.9 Å². The monoisotopic (exact) mass is 430 g/mol. The van der Waals surface area contributed by atoms with Crippen LogP contribution in [0.4, 0.5) is 13.2 Å². The summed E-state index contributed by atoms with van der Waals surface area (Å²) in [7, 11) is 0. The number of carbonyl (C=O) groups is 1. The van der Waals surface area contributed by atoms with Gasteiger partial charge in [-0.05, 0) is 49.2 Å². The zero-order valence-corrected chi connectivity index (χ0v) is 16.8. The van der Waals surface area contributed by atoms with Crippen LogP contribution in [0.1, 0.15) is 34.0 Å². The fourth-order valence-corrected chi connectivity index (χ4v) is 2.67. The summed E-state index contributed by atoms with van der Waals surface area (Å²) in [6.45, 7) is 5.97. The highest BCUT2D eigenvalue weighted by atomic mass is 19.4. The molecule has 0 spiro atoms. The quantitative estimate of drug-likeness (QED) is 0.274. The molecule has 1 N–H and O–H groups in total. The van der Waals surface area contributed by atoms with Crippen molar-refractivity contribution < 1.29 is 27.4 Å². The fraction of sp³-hybridized carbons (Fsp3) is 0.217. The van der Waals surface area contributed by atoms with Gasteiger partial charge >= 0.3 is 6.18 Å². The molecule has 0 aliphatic heterocycles. The molecule has 2 aromatic rings. The van der Waals surface area contributed by atoms with E-state index in [1.54, 1.807) is 18.2 Å². The molecule has 0 unspecified atom stereocenters. The van der Waals surface area contributed by atoms with Crippen LogP contribution in [0.15, 0.2) is 54.2 Å². The van der Waals surface area contributed by atoms with E-state index in [0.717, 1.165) is 23.8 Å². The number of alkyl halides is 3. The Morgan fingerprint density at radius 3 is 2.71 bits per heavy atom. The van der Waals surface area contributed by atoms with Crippen LogP contribution in [0.5, 0.6) is 11.5 Å². The molecule has 5 nitrogen and oxygen atoms in total. The number of benzene rings is 2. The average Bonchev–Trinajstić information content (AvgIpc) is 2.73. The van der Waals surface area contributed by atoms with Crippen molar-refractivity contribution in [2.45, 2.75) is 19.5 Å². The summed E-state index contributed by atoms with van der Waals surface area (Å²) < 4.78 is 49.7. The van der Waals surface area contributed by atoms with Crippen LogP contribution >= 0.6 is 0 Å². The summed E-state index contributed by atoms with van der Waals surface area (Å²) in [5.74, 6) is 2.56. The number of nitrogens with zero attached hydrogens (tertiary/aromatic N) is 1. The van der Waals surface area contributed by atoms with E-state index < -0.39 is 17.6 Å². The third-order valence-electron chi connectivity index (χ3n) is 3.95. The molecule has 0 atom stereocenters. The molecule has 1 amide bonds. The average molecular weight is 430 g/mol. The van der Waals surface area contributed by atoms with Crippen LogP contribution < -0.4 is 14.9 Å². The lowest BCUT2D eigenvalue weighted by Crippen LogP contribution is -2.18. The van der Waals surface area contributed by atoms with E-state index in [2.05, 4.69) is 23.0 Å². The maximum absolute atomic E-state index is 12.8. The Kier molecular flexibility index (Phi) is 8.26. The number of terminal acetylenes is 1. The first-order valence-electron chi connectivity index (χ1n) is 9.27. The van der Waals surface area contributed by atoms with Crippen molar-refractivity contribution in [2.24, 2.45) is 5.10 Å². The second-order valence-electron chi connectivity index (χ2n) is 6.20. The lowest BCUT2D eigenvalue weighted by molar-refractivity contribution is -0.137. The predicted octanol–water partition coefficient (Wildman–Crippen LogP) is 4.61. The van der Waals surface area contributed by atoms with Gasteiger partial charge in [-0.1, -0.05) is 18.1 Å². The van der Waals surface area contributed by atoms with Gasteiger partial charge in [0.1, 0.15) is 6.61 Å². The summed E-state index contributed by atoms with van der Waals surface area (Å²) in [4.78, 5) is 12.2. The molecule has 0 aromatic heterocycles. The number of allylic oxidation sites excluding steroid dienone is 1. The topological polar surface area (TPSA) is 59.9 Å². The van der Waals surface area contributed by atoms with Crippen molar-refractivity contribution in [3.8, 4) is 23.8 Å². The molecule has 0 saturated heterocycles. The molecule has 0 aliphatic rings. The van der Waals surface area contributed by atoms with E-state index in [-0.39, 0.29) is 12.2 Å². The van der Waals surface area contributed by atoms with Gasteiger partial charge in [0.15, 0.2) is 11.5 Å². The Morgan fingerprint density at radius 1 is 1.29 bits per heavy atom. The van der Waals surface area contributed by atoms with Crippen molar-refractivity contribution in [1.82, 2.24) is 5.43 Å². The zero-order valence-electron chi connectivity index (χ0n) is 16.8. The lowest BCUT2D eigenvalue weighted by Gasteiger charge is -2.15. The molecule has 0 saturated carbocycles. The van der Waals surface area contributed by atoms with Crippen LogP contribution in [0, 0.1) is 12.3 Å². The minimum Gasteiger partial charge on any atom is -0.490 e. The molecule has 8 heteroatoms. The van der Waals surface area contributed by atoms with E-state index in [9.17, 15) is 18.0 Å². The van der Waals surface area contributed by atoms with E-state index in [1.807, 2.05) is 6.92 Å². The Bertz CT molecular complexity index is 1010. The summed E-state index contributed by atoms with van der Waals surface area (Å²) in [6.07, 6.45) is 4.24. The number of amides is 1. The highest BCUT2D eigenvalue weighted by Crippen LogP contribution is 2.33. The largest absolute Gasteiger partial charge is 0.490 e. The second kappa shape index (κ2) is 10.9. The van der Waals surface area contributed by atoms with Crippen molar-refractivity contribution in [3.63, 3.8) is 0 Å².